The molecule has 0 fully saturated rings. The zero-order chi connectivity index (χ0) is 17.5. The number of nitro benzene ring substituents is 1. The third kappa shape index (κ3) is 5.09. The Labute approximate surface area is 145 Å². The average molecular weight is 344 g/mol. The normalized spacial score (nSPS) is 11.8. The monoisotopic (exact) mass is 344 g/mol. The smallest absolute Gasteiger partial charge is 0.269 e. The van der Waals surface area contributed by atoms with Crippen molar-refractivity contribution in [1.29, 1.82) is 0 Å². The fourth-order valence-corrected chi connectivity index (χ4v) is 2.98. The van der Waals surface area contributed by atoms with E-state index in [0.717, 1.165) is 16.9 Å². The van der Waals surface area contributed by atoms with Gasteiger partial charge in [0.15, 0.2) is 0 Å². The van der Waals surface area contributed by atoms with E-state index in [2.05, 4.69) is 5.32 Å². The summed E-state index contributed by atoms with van der Waals surface area (Å²) in [7, 11) is 0. The Morgan fingerprint density at radius 2 is 1.79 bits per heavy atom. The molecule has 0 saturated heterocycles. The van der Waals surface area contributed by atoms with E-state index in [-0.39, 0.29) is 23.4 Å². The van der Waals surface area contributed by atoms with Gasteiger partial charge in [-0.2, -0.15) is 0 Å². The summed E-state index contributed by atoms with van der Waals surface area (Å²) in [4.78, 5) is 23.2. The quantitative estimate of drug-likeness (QED) is 0.463. The number of aryl methyl sites for hydroxylation is 1. The van der Waals surface area contributed by atoms with E-state index in [9.17, 15) is 14.9 Å². The second kappa shape index (κ2) is 8.49. The highest BCUT2D eigenvalue weighted by Gasteiger charge is 2.13. The molecule has 0 heterocycles. The minimum atomic E-state index is -0.436. The summed E-state index contributed by atoms with van der Waals surface area (Å²) in [6.07, 6.45) is 0.816. The molecular formula is C18H20N2O3S. The number of carbonyl (C=O) groups is 1. The van der Waals surface area contributed by atoms with Gasteiger partial charge in [-0.15, -0.1) is 11.8 Å². The van der Waals surface area contributed by atoms with Gasteiger partial charge in [0.25, 0.3) is 5.69 Å². The number of non-ortho nitro benzene ring substituents is 1. The first-order valence-electron chi connectivity index (χ1n) is 7.72. The van der Waals surface area contributed by atoms with Gasteiger partial charge in [-0.3, -0.25) is 14.9 Å². The van der Waals surface area contributed by atoms with Crippen molar-refractivity contribution in [2.45, 2.75) is 31.2 Å². The molecular weight excluding hydrogens is 324 g/mol. The number of nitrogens with one attached hydrogen (secondary N) is 1. The minimum Gasteiger partial charge on any atom is -0.349 e. The predicted molar refractivity (Wildman–Crippen MR) is 96.2 cm³/mol. The lowest BCUT2D eigenvalue weighted by molar-refractivity contribution is -0.384. The first kappa shape index (κ1) is 18.0. The lowest BCUT2D eigenvalue weighted by Crippen LogP contribution is -2.29. The first-order valence-corrected chi connectivity index (χ1v) is 8.71. The van der Waals surface area contributed by atoms with Crippen LogP contribution in [0, 0.1) is 17.0 Å². The zero-order valence-corrected chi connectivity index (χ0v) is 14.5. The van der Waals surface area contributed by atoms with E-state index in [1.807, 2.05) is 38.1 Å². The second-order valence-corrected chi connectivity index (χ2v) is 6.53. The number of nitro groups is 1. The van der Waals surface area contributed by atoms with Crippen LogP contribution in [0.25, 0.3) is 0 Å². The topological polar surface area (TPSA) is 72.2 Å². The fourth-order valence-electron chi connectivity index (χ4n) is 2.27. The molecule has 0 bridgehead atoms. The molecule has 0 aliphatic heterocycles. The Balaban J connectivity index is 1.89. The predicted octanol–water partition coefficient (Wildman–Crippen LogP) is 4.26. The van der Waals surface area contributed by atoms with Crippen LogP contribution in [-0.2, 0) is 4.79 Å². The summed E-state index contributed by atoms with van der Waals surface area (Å²) in [5.41, 5.74) is 2.33. The van der Waals surface area contributed by atoms with Crippen LogP contribution in [0.4, 0.5) is 5.69 Å². The Hall–Kier alpha value is -2.34. The van der Waals surface area contributed by atoms with E-state index in [1.54, 1.807) is 12.1 Å². The van der Waals surface area contributed by atoms with Gasteiger partial charge in [0.2, 0.25) is 5.91 Å². The van der Waals surface area contributed by atoms with E-state index in [1.165, 1.54) is 29.5 Å². The number of rotatable bonds is 7. The van der Waals surface area contributed by atoms with Crippen LogP contribution in [0.3, 0.4) is 0 Å². The third-order valence-electron chi connectivity index (χ3n) is 3.64. The van der Waals surface area contributed by atoms with Crippen molar-refractivity contribution in [3.63, 3.8) is 0 Å². The molecule has 1 N–H and O–H groups in total. The molecule has 0 radical (unpaired) electrons. The van der Waals surface area contributed by atoms with Crippen LogP contribution in [0.5, 0.6) is 0 Å². The number of hydrogen-bond donors (Lipinski definition) is 1. The van der Waals surface area contributed by atoms with Crippen molar-refractivity contribution in [1.82, 2.24) is 5.32 Å². The van der Waals surface area contributed by atoms with Gasteiger partial charge in [-0.05, 0) is 31.0 Å². The Morgan fingerprint density at radius 1 is 1.17 bits per heavy atom. The molecule has 5 nitrogen and oxygen atoms in total. The Kier molecular flexibility index (Phi) is 6.37. The SMILES string of the molecule is CC[C@@H](NC(=O)CSc1ccc([N+](=O)[O-])cc1)c1ccc(C)cc1. The lowest BCUT2D eigenvalue weighted by atomic mass is 10.0. The van der Waals surface area contributed by atoms with Gasteiger partial charge in [-0.25, -0.2) is 0 Å². The number of amides is 1. The summed E-state index contributed by atoms with van der Waals surface area (Å²) < 4.78 is 0. The summed E-state index contributed by atoms with van der Waals surface area (Å²) in [6.45, 7) is 4.07. The van der Waals surface area contributed by atoms with Gasteiger partial charge >= 0.3 is 0 Å². The molecule has 126 valence electrons. The Morgan fingerprint density at radius 3 is 2.33 bits per heavy atom. The molecule has 1 amide bonds. The van der Waals surface area contributed by atoms with E-state index >= 15 is 0 Å². The number of thioether (sulfide) groups is 1. The molecule has 0 aromatic heterocycles. The average Bonchev–Trinajstić information content (AvgIpc) is 2.59. The number of carbonyl (C=O) groups excluding carboxylic acids is 1. The molecule has 1 atom stereocenters. The van der Waals surface area contributed by atoms with Crippen molar-refractivity contribution in [3.05, 3.63) is 69.8 Å². The number of benzene rings is 2. The van der Waals surface area contributed by atoms with Gasteiger partial charge in [0.1, 0.15) is 0 Å². The fraction of sp³-hybridized carbons (Fsp3) is 0.278. The third-order valence-corrected chi connectivity index (χ3v) is 4.65. The van der Waals surface area contributed by atoms with E-state index in [0.29, 0.717) is 0 Å². The molecule has 0 aliphatic carbocycles. The maximum atomic E-state index is 12.2. The van der Waals surface area contributed by atoms with E-state index in [4.69, 9.17) is 0 Å². The van der Waals surface area contributed by atoms with Crippen molar-refractivity contribution in [3.8, 4) is 0 Å². The first-order chi connectivity index (χ1) is 11.5. The molecule has 24 heavy (non-hydrogen) atoms. The van der Waals surface area contributed by atoms with Crippen LogP contribution >= 0.6 is 11.8 Å². The summed E-state index contributed by atoms with van der Waals surface area (Å²) >= 11 is 1.36. The van der Waals surface area contributed by atoms with Crippen LogP contribution in [0.1, 0.15) is 30.5 Å². The summed E-state index contributed by atoms with van der Waals surface area (Å²) in [6, 6.07) is 14.4. The van der Waals surface area contributed by atoms with Crippen LogP contribution in [0.15, 0.2) is 53.4 Å². The summed E-state index contributed by atoms with van der Waals surface area (Å²) in [5.74, 6) is 0.228. The minimum absolute atomic E-state index is 0.00411. The molecule has 2 aromatic rings. The van der Waals surface area contributed by atoms with Crippen LogP contribution in [0.2, 0.25) is 0 Å². The van der Waals surface area contributed by atoms with Gasteiger partial charge in [-0.1, -0.05) is 36.8 Å². The molecule has 2 rings (SSSR count). The zero-order valence-electron chi connectivity index (χ0n) is 13.7. The van der Waals surface area contributed by atoms with Crippen molar-refractivity contribution < 1.29 is 9.72 Å². The number of nitrogens with zero attached hydrogens (tertiary/aromatic N) is 1. The highest BCUT2D eigenvalue weighted by atomic mass is 32.2. The van der Waals surface area contributed by atoms with Gasteiger partial charge in [0, 0.05) is 17.0 Å². The van der Waals surface area contributed by atoms with Crippen molar-refractivity contribution >= 4 is 23.4 Å². The molecule has 0 saturated carbocycles. The highest BCUT2D eigenvalue weighted by Crippen LogP contribution is 2.22. The molecule has 0 spiro atoms. The van der Waals surface area contributed by atoms with Crippen molar-refractivity contribution in [2.24, 2.45) is 0 Å². The Bertz CT molecular complexity index is 699. The van der Waals surface area contributed by atoms with Crippen LogP contribution in [-0.4, -0.2) is 16.6 Å². The maximum Gasteiger partial charge on any atom is 0.269 e. The van der Waals surface area contributed by atoms with Gasteiger partial charge in [0.05, 0.1) is 16.7 Å². The van der Waals surface area contributed by atoms with Crippen molar-refractivity contribution in [2.75, 3.05) is 5.75 Å². The maximum absolute atomic E-state index is 12.2. The van der Waals surface area contributed by atoms with Crippen LogP contribution < -0.4 is 5.32 Å². The molecule has 0 unspecified atom stereocenters. The largest absolute Gasteiger partial charge is 0.349 e. The summed E-state index contributed by atoms with van der Waals surface area (Å²) in [5, 5.41) is 13.7. The molecule has 6 heteroatoms. The molecule has 0 aliphatic rings. The second-order valence-electron chi connectivity index (χ2n) is 5.48. The molecule has 2 aromatic carbocycles. The van der Waals surface area contributed by atoms with E-state index < -0.39 is 4.92 Å². The number of hydrogen-bond acceptors (Lipinski definition) is 4. The highest BCUT2D eigenvalue weighted by molar-refractivity contribution is 8.00. The van der Waals surface area contributed by atoms with Gasteiger partial charge < -0.3 is 5.32 Å². The lowest BCUT2D eigenvalue weighted by Gasteiger charge is -2.17. The standard InChI is InChI=1S/C18H20N2O3S/c1-3-17(14-6-4-13(2)5-7-14)19-18(21)12-24-16-10-8-15(9-11-16)20(22)23/h4-11,17H,3,12H2,1-2H3,(H,19,21)/t17-/m1/s1.